The monoisotopic (exact) mass is 307 g/mol. The number of aliphatic hydroxyl groups is 1. The number of sulfonamides is 1. The third-order valence-electron chi connectivity index (χ3n) is 2.34. The van der Waals surface area contributed by atoms with Gasteiger partial charge in [-0.1, -0.05) is 11.6 Å². The number of nitrogens with one attached hydrogen (secondary N) is 1. The minimum Gasteiger partial charge on any atom is -0.478 e. The van der Waals surface area contributed by atoms with Crippen LogP contribution in [0.4, 0.5) is 0 Å². The fourth-order valence-corrected chi connectivity index (χ4v) is 2.72. The molecule has 1 rings (SSSR count). The first-order chi connectivity index (χ1) is 8.74. The Bertz CT molecular complexity index is 570. The Kier molecular flexibility index (Phi) is 5.30. The van der Waals surface area contributed by atoms with Crippen molar-refractivity contribution in [3.8, 4) is 0 Å². The van der Waals surface area contributed by atoms with E-state index in [1.54, 1.807) is 6.92 Å². The summed E-state index contributed by atoms with van der Waals surface area (Å²) in [6.07, 6.45) is -0.333. The van der Waals surface area contributed by atoms with Crippen molar-refractivity contribution in [1.82, 2.24) is 4.72 Å². The summed E-state index contributed by atoms with van der Waals surface area (Å²) in [7, 11) is -3.76. The summed E-state index contributed by atoms with van der Waals surface area (Å²) in [6, 6.07) is 3.38. The molecular formula is C11H14ClNO5S. The van der Waals surface area contributed by atoms with Crippen molar-refractivity contribution in [2.45, 2.75) is 24.3 Å². The lowest BCUT2D eigenvalue weighted by molar-refractivity contribution is 0.0697. The molecule has 0 aliphatic rings. The number of halogens is 1. The van der Waals surface area contributed by atoms with E-state index in [0.717, 1.165) is 12.1 Å². The van der Waals surface area contributed by atoms with Gasteiger partial charge in [-0.25, -0.2) is 17.9 Å². The average molecular weight is 308 g/mol. The average Bonchev–Trinajstić information content (AvgIpc) is 2.27. The largest absolute Gasteiger partial charge is 0.478 e. The number of aromatic carboxylic acids is 1. The van der Waals surface area contributed by atoms with E-state index in [4.69, 9.17) is 21.8 Å². The molecule has 0 saturated carbocycles. The Hall–Kier alpha value is -1.15. The molecule has 1 atom stereocenters. The van der Waals surface area contributed by atoms with E-state index in [-0.39, 0.29) is 28.4 Å². The van der Waals surface area contributed by atoms with Crippen molar-refractivity contribution in [1.29, 1.82) is 0 Å². The Morgan fingerprint density at radius 3 is 2.58 bits per heavy atom. The molecule has 1 unspecified atom stereocenters. The van der Waals surface area contributed by atoms with Crippen molar-refractivity contribution in [2.24, 2.45) is 0 Å². The van der Waals surface area contributed by atoms with Gasteiger partial charge in [0.05, 0.1) is 21.6 Å². The molecule has 0 bridgehead atoms. The van der Waals surface area contributed by atoms with Crippen molar-refractivity contribution in [3.63, 3.8) is 0 Å². The topological polar surface area (TPSA) is 104 Å². The molecule has 1 aromatic rings. The SMILES string of the molecule is CC(O)CCNS(=O)(=O)c1ccc(C(=O)O)c(Cl)c1. The molecule has 0 aliphatic carbocycles. The molecule has 0 aromatic heterocycles. The predicted molar refractivity (Wildman–Crippen MR) is 69.9 cm³/mol. The van der Waals surface area contributed by atoms with E-state index in [2.05, 4.69) is 4.72 Å². The summed E-state index contributed by atoms with van der Waals surface area (Å²) >= 11 is 5.70. The van der Waals surface area contributed by atoms with Gasteiger partial charge in [0.2, 0.25) is 10.0 Å². The molecule has 1 aromatic carbocycles. The lowest BCUT2D eigenvalue weighted by Crippen LogP contribution is -2.26. The maximum atomic E-state index is 11.8. The minimum absolute atomic E-state index is 0.0816. The van der Waals surface area contributed by atoms with Gasteiger partial charge < -0.3 is 10.2 Å². The van der Waals surface area contributed by atoms with Crippen LogP contribution >= 0.6 is 11.6 Å². The summed E-state index contributed by atoms with van der Waals surface area (Å²) in [5, 5.41) is 17.7. The zero-order valence-electron chi connectivity index (χ0n) is 10.1. The summed E-state index contributed by atoms with van der Waals surface area (Å²) in [5.74, 6) is -1.23. The molecule has 0 amide bonds. The van der Waals surface area contributed by atoms with Gasteiger partial charge in [0.15, 0.2) is 0 Å². The first-order valence-corrected chi connectivity index (χ1v) is 7.30. The van der Waals surface area contributed by atoms with Gasteiger partial charge >= 0.3 is 5.97 Å². The lowest BCUT2D eigenvalue weighted by Gasteiger charge is -2.09. The van der Waals surface area contributed by atoms with Crippen molar-refractivity contribution in [2.75, 3.05) is 6.54 Å². The van der Waals surface area contributed by atoms with Crippen LogP contribution in [-0.4, -0.2) is 37.2 Å². The molecule has 0 saturated heterocycles. The normalized spacial score (nSPS) is 13.2. The zero-order chi connectivity index (χ0) is 14.6. The minimum atomic E-state index is -3.76. The van der Waals surface area contributed by atoms with Crippen LogP contribution in [-0.2, 0) is 10.0 Å². The van der Waals surface area contributed by atoms with Gasteiger partial charge in [-0.15, -0.1) is 0 Å². The molecule has 6 nitrogen and oxygen atoms in total. The summed E-state index contributed by atoms with van der Waals surface area (Å²) in [4.78, 5) is 10.6. The van der Waals surface area contributed by atoms with E-state index in [1.807, 2.05) is 0 Å². The van der Waals surface area contributed by atoms with Crippen LogP contribution in [0.5, 0.6) is 0 Å². The smallest absolute Gasteiger partial charge is 0.337 e. The number of benzene rings is 1. The second kappa shape index (κ2) is 6.33. The van der Waals surface area contributed by atoms with E-state index in [9.17, 15) is 13.2 Å². The van der Waals surface area contributed by atoms with Gasteiger partial charge in [-0.3, -0.25) is 0 Å². The summed E-state index contributed by atoms with van der Waals surface area (Å²) in [6.45, 7) is 1.63. The highest BCUT2D eigenvalue weighted by molar-refractivity contribution is 7.89. The van der Waals surface area contributed by atoms with Gasteiger partial charge in [0.25, 0.3) is 0 Å². The van der Waals surface area contributed by atoms with E-state index >= 15 is 0 Å². The molecule has 0 heterocycles. The Morgan fingerprint density at radius 1 is 1.47 bits per heavy atom. The first-order valence-electron chi connectivity index (χ1n) is 5.44. The fraction of sp³-hybridized carbons (Fsp3) is 0.364. The van der Waals surface area contributed by atoms with E-state index in [0.29, 0.717) is 0 Å². The highest BCUT2D eigenvalue weighted by Crippen LogP contribution is 2.20. The molecule has 3 N–H and O–H groups in total. The predicted octanol–water partition coefficient (Wildman–Crippen LogP) is 1.09. The van der Waals surface area contributed by atoms with Crippen LogP contribution < -0.4 is 4.72 Å². The molecule has 0 aliphatic heterocycles. The molecule has 106 valence electrons. The second-order valence-electron chi connectivity index (χ2n) is 3.98. The van der Waals surface area contributed by atoms with Crippen LogP contribution in [0.2, 0.25) is 5.02 Å². The Labute approximate surface area is 116 Å². The standard InChI is InChI=1S/C11H14ClNO5S/c1-7(14)4-5-13-19(17,18)8-2-3-9(11(15)16)10(12)6-8/h2-3,6-7,13-14H,4-5H2,1H3,(H,15,16). The number of aliphatic hydroxyl groups excluding tert-OH is 1. The van der Waals surface area contributed by atoms with Crippen LogP contribution in [0.3, 0.4) is 0 Å². The number of rotatable bonds is 6. The zero-order valence-corrected chi connectivity index (χ0v) is 11.7. The molecule has 8 heteroatoms. The molecule has 0 radical (unpaired) electrons. The molecule has 19 heavy (non-hydrogen) atoms. The van der Waals surface area contributed by atoms with Crippen molar-refractivity contribution >= 4 is 27.6 Å². The highest BCUT2D eigenvalue weighted by atomic mass is 35.5. The molecule has 0 spiro atoms. The maximum absolute atomic E-state index is 11.8. The third-order valence-corrected chi connectivity index (χ3v) is 4.11. The van der Waals surface area contributed by atoms with Gasteiger partial charge in [0, 0.05) is 6.54 Å². The maximum Gasteiger partial charge on any atom is 0.337 e. The molecular weight excluding hydrogens is 294 g/mol. The number of carbonyl (C=O) groups is 1. The van der Waals surface area contributed by atoms with Crippen LogP contribution in [0.1, 0.15) is 23.7 Å². The molecule has 0 fully saturated rings. The van der Waals surface area contributed by atoms with E-state index in [1.165, 1.54) is 6.07 Å². The van der Waals surface area contributed by atoms with Crippen molar-refractivity contribution in [3.05, 3.63) is 28.8 Å². The van der Waals surface area contributed by atoms with Gasteiger partial charge in [-0.2, -0.15) is 0 Å². The number of carboxylic acid groups (broad SMARTS) is 1. The quantitative estimate of drug-likeness (QED) is 0.730. The third kappa shape index (κ3) is 4.46. The number of carboxylic acids is 1. The number of hydrogen-bond acceptors (Lipinski definition) is 4. The Morgan fingerprint density at radius 2 is 2.11 bits per heavy atom. The Balaban J connectivity index is 2.90. The summed E-state index contributed by atoms with van der Waals surface area (Å²) in [5.41, 5.74) is -0.162. The fourth-order valence-electron chi connectivity index (χ4n) is 1.32. The summed E-state index contributed by atoms with van der Waals surface area (Å²) < 4.78 is 26.0. The van der Waals surface area contributed by atoms with Gasteiger partial charge in [-0.05, 0) is 31.5 Å². The second-order valence-corrected chi connectivity index (χ2v) is 6.16. The van der Waals surface area contributed by atoms with Gasteiger partial charge in [0.1, 0.15) is 0 Å². The number of hydrogen-bond donors (Lipinski definition) is 3. The van der Waals surface area contributed by atoms with Crippen molar-refractivity contribution < 1.29 is 23.4 Å². The first kappa shape index (κ1) is 15.9. The van der Waals surface area contributed by atoms with Crippen LogP contribution in [0.15, 0.2) is 23.1 Å². The van der Waals surface area contributed by atoms with E-state index < -0.39 is 22.1 Å². The highest BCUT2D eigenvalue weighted by Gasteiger charge is 2.17. The van der Waals surface area contributed by atoms with Crippen LogP contribution in [0.25, 0.3) is 0 Å². The van der Waals surface area contributed by atoms with Crippen LogP contribution in [0, 0.1) is 0 Å². The lowest BCUT2D eigenvalue weighted by atomic mass is 10.2.